The molecule has 0 bridgehead atoms. The zero-order valence-corrected chi connectivity index (χ0v) is 9.17. The molecule has 1 aromatic heterocycles. The molecule has 0 N–H and O–H groups in total. The minimum absolute atomic E-state index is 0.0748. The highest BCUT2D eigenvalue weighted by Crippen LogP contribution is 2.27. The van der Waals surface area contributed by atoms with E-state index in [4.69, 9.17) is 11.6 Å². The first-order valence-electron chi connectivity index (χ1n) is 5.21. The Bertz CT molecular complexity index is 376. The van der Waals surface area contributed by atoms with Crippen molar-refractivity contribution in [2.75, 3.05) is 0 Å². The molecule has 3 heteroatoms. The lowest BCUT2D eigenvalue weighted by Crippen LogP contribution is -1.92. The van der Waals surface area contributed by atoms with Crippen LogP contribution in [0.2, 0.25) is 0 Å². The minimum atomic E-state index is -0.288. The fourth-order valence-corrected chi connectivity index (χ4v) is 2.17. The molecule has 0 aromatic carbocycles. The van der Waals surface area contributed by atoms with Crippen LogP contribution in [0.4, 0.5) is 4.39 Å². The van der Waals surface area contributed by atoms with E-state index in [1.807, 2.05) is 6.08 Å². The van der Waals surface area contributed by atoms with E-state index in [0.717, 1.165) is 36.8 Å². The fraction of sp³-hybridized carbons (Fsp3) is 0.417. The summed E-state index contributed by atoms with van der Waals surface area (Å²) in [4.78, 5) is 3.86. The Kier molecular flexibility index (Phi) is 3.37. The van der Waals surface area contributed by atoms with E-state index >= 15 is 0 Å². The molecule has 1 heterocycles. The van der Waals surface area contributed by atoms with Crippen molar-refractivity contribution in [3.8, 4) is 0 Å². The Morgan fingerprint density at radius 3 is 3.00 bits per heavy atom. The van der Waals surface area contributed by atoms with E-state index < -0.39 is 0 Å². The van der Waals surface area contributed by atoms with Gasteiger partial charge in [0, 0.05) is 6.20 Å². The van der Waals surface area contributed by atoms with Gasteiger partial charge in [-0.2, -0.15) is 0 Å². The van der Waals surface area contributed by atoms with Gasteiger partial charge in [0.1, 0.15) is 5.82 Å². The molecule has 1 nitrogen and oxygen atoms in total. The first-order valence-corrected chi connectivity index (χ1v) is 5.65. The Labute approximate surface area is 94.0 Å². The SMILES string of the molecule is Fc1cncc(C2=CC(Cl)CCCC2)c1. The van der Waals surface area contributed by atoms with Crippen molar-refractivity contribution in [3.05, 3.63) is 35.9 Å². The van der Waals surface area contributed by atoms with Crippen LogP contribution < -0.4 is 0 Å². The van der Waals surface area contributed by atoms with Crippen LogP contribution in [0.1, 0.15) is 31.2 Å². The standard InChI is InChI=1S/C12H13ClFN/c13-11-4-2-1-3-9(5-11)10-6-12(14)8-15-7-10/h5-8,11H,1-4H2. The lowest BCUT2D eigenvalue weighted by Gasteiger charge is -2.05. The monoisotopic (exact) mass is 225 g/mol. The smallest absolute Gasteiger partial charge is 0.142 e. The molecule has 0 saturated heterocycles. The number of hydrogen-bond acceptors (Lipinski definition) is 1. The van der Waals surface area contributed by atoms with Crippen molar-refractivity contribution in [2.45, 2.75) is 31.1 Å². The van der Waals surface area contributed by atoms with Gasteiger partial charge in [0.2, 0.25) is 0 Å². The summed E-state index contributed by atoms with van der Waals surface area (Å²) in [5.41, 5.74) is 1.99. The summed E-state index contributed by atoms with van der Waals surface area (Å²) in [6.45, 7) is 0. The molecule has 0 spiro atoms. The summed E-state index contributed by atoms with van der Waals surface area (Å²) in [5, 5.41) is 0.0748. The maximum atomic E-state index is 13.0. The molecule has 0 saturated carbocycles. The van der Waals surface area contributed by atoms with E-state index in [-0.39, 0.29) is 11.2 Å². The third-order valence-electron chi connectivity index (χ3n) is 2.63. The van der Waals surface area contributed by atoms with E-state index in [9.17, 15) is 4.39 Å². The van der Waals surface area contributed by atoms with Crippen molar-refractivity contribution < 1.29 is 4.39 Å². The molecule has 0 aliphatic heterocycles. The predicted molar refractivity (Wildman–Crippen MR) is 60.3 cm³/mol. The molecule has 2 rings (SSSR count). The van der Waals surface area contributed by atoms with E-state index in [1.165, 1.54) is 12.3 Å². The molecule has 0 amide bonds. The second kappa shape index (κ2) is 4.75. The van der Waals surface area contributed by atoms with Gasteiger partial charge in [-0.3, -0.25) is 4.98 Å². The van der Waals surface area contributed by atoms with Crippen molar-refractivity contribution in [2.24, 2.45) is 0 Å². The highest BCUT2D eigenvalue weighted by Gasteiger charge is 2.11. The van der Waals surface area contributed by atoms with Gasteiger partial charge in [0.05, 0.1) is 11.6 Å². The van der Waals surface area contributed by atoms with E-state index in [2.05, 4.69) is 4.98 Å². The fourth-order valence-electron chi connectivity index (χ4n) is 1.87. The molecule has 1 aliphatic rings. The first kappa shape index (κ1) is 10.6. The molecule has 1 unspecified atom stereocenters. The number of pyridine rings is 1. The minimum Gasteiger partial charge on any atom is -0.261 e. The molecule has 1 aromatic rings. The summed E-state index contributed by atoms with van der Waals surface area (Å²) in [6.07, 6.45) is 9.18. The van der Waals surface area contributed by atoms with Crippen LogP contribution in [-0.2, 0) is 0 Å². The van der Waals surface area contributed by atoms with Crippen LogP contribution >= 0.6 is 11.6 Å². The van der Waals surface area contributed by atoms with Crippen LogP contribution in [0.3, 0.4) is 0 Å². The Hall–Kier alpha value is -0.890. The topological polar surface area (TPSA) is 12.9 Å². The van der Waals surface area contributed by atoms with Gasteiger partial charge in [-0.1, -0.05) is 12.5 Å². The number of halogens is 2. The molecule has 80 valence electrons. The zero-order valence-electron chi connectivity index (χ0n) is 8.42. The summed E-state index contributed by atoms with van der Waals surface area (Å²) < 4.78 is 13.0. The maximum Gasteiger partial charge on any atom is 0.142 e. The van der Waals surface area contributed by atoms with Gasteiger partial charge >= 0.3 is 0 Å². The summed E-state index contributed by atoms with van der Waals surface area (Å²) in [7, 11) is 0. The van der Waals surface area contributed by atoms with Crippen LogP contribution in [0, 0.1) is 5.82 Å². The molecular formula is C12H13ClFN. The van der Waals surface area contributed by atoms with Crippen LogP contribution in [0.25, 0.3) is 5.57 Å². The second-order valence-corrected chi connectivity index (χ2v) is 4.41. The van der Waals surface area contributed by atoms with Crippen molar-refractivity contribution in [1.82, 2.24) is 4.98 Å². The maximum absolute atomic E-state index is 13.0. The van der Waals surface area contributed by atoms with E-state index in [1.54, 1.807) is 6.20 Å². The molecule has 15 heavy (non-hydrogen) atoms. The van der Waals surface area contributed by atoms with E-state index in [0.29, 0.717) is 0 Å². The van der Waals surface area contributed by atoms with Gasteiger partial charge in [0.25, 0.3) is 0 Å². The second-order valence-electron chi connectivity index (χ2n) is 3.85. The van der Waals surface area contributed by atoms with Crippen LogP contribution in [-0.4, -0.2) is 10.4 Å². The van der Waals surface area contributed by atoms with Crippen LogP contribution in [0.15, 0.2) is 24.5 Å². The molecular weight excluding hydrogens is 213 g/mol. The number of alkyl halides is 1. The van der Waals surface area contributed by atoms with Crippen molar-refractivity contribution in [3.63, 3.8) is 0 Å². The first-order chi connectivity index (χ1) is 7.25. The molecule has 1 aliphatic carbocycles. The number of rotatable bonds is 1. The number of allylic oxidation sites excluding steroid dienone is 2. The van der Waals surface area contributed by atoms with Gasteiger partial charge in [-0.15, -0.1) is 11.6 Å². The lowest BCUT2D eigenvalue weighted by atomic mass is 10.0. The summed E-state index contributed by atoms with van der Waals surface area (Å²) in [6, 6.07) is 1.52. The Morgan fingerprint density at radius 1 is 1.33 bits per heavy atom. The average molecular weight is 226 g/mol. The molecule has 0 fully saturated rings. The summed E-state index contributed by atoms with van der Waals surface area (Å²) >= 11 is 6.11. The average Bonchev–Trinajstić information content (AvgIpc) is 2.43. The zero-order chi connectivity index (χ0) is 10.7. The number of aromatic nitrogens is 1. The predicted octanol–water partition coefficient (Wildman–Crippen LogP) is 3.79. The molecule has 1 atom stereocenters. The summed E-state index contributed by atoms with van der Waals surface area (Å²) in [5.74, 6) is -0.288. The van der Waals surface area contributed by atoms with Crippen molar-refractivity contribution in [1.29, 1.82) is 0 Å². The van der Waals surface area contributed by atoms with Crippen molar-refractivity contribution >= 4 is 17.2 Å². The number of nitrogens with zero attached hydrogens (tertiary/aromatic N) is 1. The van der Waals surface area contributed by atoms with Gasteiger partial charge in [-0.05, 0) is 36.5 Å². The third-order valence-corrected chi connectivity index (χ3v) is 2.98. The lowest BCUT2D eigenvalue weighted by molar-refractivity contribution is 0.620. The highest BCUT2D eigenvalue weighted by molar-refractivity contribution is 6.22. The number of hydrogen-bond donors (Lipinski definition) is 0. The molecule has 0 radical (unpaired) electrons. The van der Waals surface area contributed by atoms with Gasteiger partial charge < -0.3 is 0 Å². The Balaban J connectivity index is 2.28. The quantitative estimate of drug-likeness (QED) is 0.663. The largest absolute Gasteiger partial charge is 0.261 e. The third kappa shape index (κ3) is 2.78. The van der Waals surface area contributed by atoms with Gasteiger partial charge in [0.15, 0.2) is 0 Å². The Morgan fingerprint density at radius 2 is 2.20 bits per heavy atom. The normalized spacial score (nSPS) is 22.0. The van der Waals surface area contributed by atoms with Crippen LogP contribution in [0.5, 0.6) is 0 Å². The highest BCUT2D eigenvalue weighted by atomic mass is 35.5. The van der Waals surface area contributed by atoms with Gasteiger partial charge in [-0.25, -0.2) is 4.39 Å².